The SMILES string of the molecule is CCNc1nnc(C(=O)Nc2cnns2)s1. The Morgan fingerprint density at radius 1 is 1.50 bits per heavy atom. The fourth-order valence-corrected chi connectivity index (χ4v) is 2.05. The summed E-state index contributed by atoms with van der Waals surface area (Å²) < 4.78 is 3.64. The van der Waals surface area contributed by atoms with E-state index < -0.39 is 0 Å². The lowest BCUT2D eigenvalue weighted by Gasteiger charge is -1.95. The van der Waals surface area contributed by atoms with Gasteiger partial charge in [0.1, 0.15) is 5.00 Å². The first kappa shape index (κ1) is 10.9. The molecule has 16 heavy (non-hydrogen) atoms. The summed E-state index contributed by atoms with van der Waals surface area (Å²) in [5.41, 5.74) is 0. The molecule has 2 aromatic rings. The first-order chi connectivity index (χ1) is 7.79. The summed E-state index contributed by atoms with van der Waals surface area (Å²) in [7, 11) is 0. The van der Waals surface area contributed by atoms with Crippen molar-refractivity contribution in [2.45, 2.75) is 6.92 Å². The molecule has 9 heteroatoms. The van der Waals surface area contributed by atoms with Crippen molar-refractivity contribution in [3.05, 3.63) is 11.2 Å². The highest BCUT2D eigenvalue weighted by Crippen LogP contribution is 2.17. The predicted molar refractivity (Wildman–Crippen MR) is 61.9 cm³/mol. The van der Waals surface area contributed by atoms with Gasteiger partial charge >= 0.3 is 0 Å². The Morgan fingerprint density at radius 2 is 2.38 bits per heavy atom. The van der Waals surface area contributed by atoms with E-state index in [1.807, 2.05) is 6.92 Å². The molecular weight excluding hydrogens is 248 g/mol. The monoisotopic (exact) mass is 256 g/mol. The first-order valence-corrected chi connectivity index (χ1v) is 6.04. The number of amides is 1. The van der Waals surface area contributed by atoms with E-state index in [1.165, 1.54) is 17.5 Å². The Morgan fingerprint density at radius 3 is 3.06 bits per heavy atom. The quantitative estimate of drug-likeness (QED) is 0.850. The van der Waals surface area contributed by atoms with Crippen LogP contribution in [0.3, 0.4) is 0 Å². The van der Waals surface area contributed by atoms with Gasteiger partial charge in [0.25, 0.3) is 5.91 Å². The fourth-order valence-electron chi connectivity index (χ4n) is 0.925. The summed E-state index contributed by atoms with van der Waals surface area (Å²) in [4.78, 5) is 11.6. The highest BCUT2D eigenvalue weighted by molar-refractivity contribution is 7.17. The van der Waals surface area contributed by atoms with Gasteiger partial charge in [0.05, 0.1) is 6.20 Å². The van der Waals surface area contributed by atoms with Crippen LogP contribution in [-0.2, 0) is 0 Å². The number of nitrogens with zero attached hydrogens (tertiary/aromatic N) is 4. The lowest BCUT2D eigenvalue weighted by molar-refractivity contribution is 0.102. The van der Waals surface area contributed by atoms with E-state index in [1.54, 1.807) is 0 Å². The van der Waals surface area contributed by atoms with Gasteiger partial charge in [0.2, 0.25) is 10.1 Å². The zero-order valence-corrected chi connectivity index (χ0v) is 9.93. The van der Waals surface area contributed by atoms with Crippen molar-refractivity contribution in [2.75, 3.05) is 17.2 Å². The van der Waals surface area contributed by atoms with Crippen LogP contribution >= 0.6 is 22.9 Å². The van der Waals surface area contributed by atoms with Gasteiger partial charge in [-0.15, -0.1) is 15.3 Å². The van der Waals surface area contributed by atoms with Crippen LogP contribution in [0.25, 0.3) is 0 Å². The topological polar surface area (TPSA) is 92.7 Å². The summed E-state index contributed by atoms with van der Waals surface area (Å²) >= 11 is 2.32. The number of hydrogen-bond donors (Lipinski definition) is 2. The van der Waals surface area contributed by atoms with Gasteiger partial charge in [-0.05, 0) is 6.92 Å². The third kappa shape index (κ3) is 2.49. The van der Waals surface area contributed by atoms with Gasteiger partial charge in [0, 0.05) is 18.1 Å². The van der Waals surface area contributed by atoms with Crippen LogP contribution in [0.15, 0.2) is 6.20 Å². The van der Waals surface area contributed by atoms with Gasteiger partial charge in [-0.2, -0.15) is 0 Å². The second-order valence-electron chi connectivity index (χ2n) is 2.68. The minimum absolute atomic E-state index is 0.298. The average Bonchev–Trinajstić information content (AvgIpc) is 2.89. The van der Waals surface area contributed by atoms with Crippen molar-refractivity contribution in [1.29, 1.82) is 0 Å². The molecule has 2 N–H and O–H groups in total. The molecule has 0 spiro atoms. The fraction of sp³-hybridized carbons (Fsp3) is 0.286. The van der Waals surface area contributed by atoms with Crippen molar-refractivity contribution in [3.63, 3.8) is 0 Å². The molecule has 84 valence electrons. The Balaban J connectivity index is 2.03. The highest BCUT2D eigenvalue weighted by atomic mass is 32.1. The summed E-state index contributed by atoms with van der Waals surface area (Å²) in [6.45, 7) is 2.69. The van der Waals surface area contributed by atoms with Crippen LogP contribution in [-0.4, -0.2) is 32.2 Å². The molecule has 0 unspecified atom stereocenters. The van der Waals surface area contributed by atoms with Gasteiger partial charge in [-0.1, -0.05) is 15.8 Å². The maximum Gasteiger partial charge on any atom is 0.287 e. The zero-order chi connectivity index (χ0) is 11.4. The summed E-state index contributed by atoms with van der Waals surface area (Å²) in [6, 6.07) is 0. The number of rotatable bonds is 4. The van der Waals surface area contributed by atoms with E-state index >= 15 is 0 Å². The molecule has 2 aromatic heterocycles. The molecule has 1 amide bonds. The average molecular weight is 256 g/mol. The third-order valence-corrected chi connectivity index (χ3v) is 3.01. The molecular formula is C7H8N6OS2. The second-order valence-corrected chi connectivity index (χ2v) is 4.44. The van der Waals surface area contributed by atoms with Crippen LogP contribution in [0.5, 0.6) is 0 Å². The number of carbonyl (C=O) groups excluding carboxylic acids is 1. The van der Waals surface area contributed by atoms with Crippen molar-refractivity contribution in [2.24, 2.45) is 0 Å². The molecule has 2 heterocycles. The largest absolute Gasteiger partial charge is 0.360 e. The van der Waals surface area contributed by atoms with Gasteiger partial charge in [-0.3, -0.25) is 4.79 Å². The molecule has 0 saturated carbocycles. The van der Waals surface area contributed by atoms with E-state index in [2.05, 4.69) is 30.4 Å². The van der Waals surface area contributed by atoms with Gasteiger partial charge in [-0.25, -0.2) is 0 Å². The number of carbonyl (C=O) groups is 1. The number of hydrogen-bond acceptors (Lipinski definition) is 8. The maximum atomic E-state index is 11.6. The molecule has 0 fully saturated rings. The Labute approximate surface area is 99.1 Å². The molecule has 2 rings (SSSR count). The van der Waals surface area contributed by atoms with Crippen LogP contribution in [0.4, 0.5) is 10.1 Å². The van der Waals surface area contributed by atoms with E-state index in [0.29, 0.717) is 15.1 Å². The Hall–Kier alpha value is -1.61. The van der Waals surface area contributed by atoms with Crippen molar-refractivity contribution in [3.8, 4) is 0 Å². The third-order valence-electron chi connectivity index (χ3n) is 1.55. The maximum absolute atomic E-state index is 11.6. The smallest absolute Gasteiger partial charge is 0.287 e. The summed E-state index contributed by atoms with van der Waals surface area (Å²) in [5.74, 6) is -0.298. The standard InChI is InChI=1S/C7H8N6OS2/c1-2-8-7-12-11-6(15-7)5(14)10-4-3-9-13-16-4/h3H,2H2,1H3,(H,8,12)(H,10,14). The predicted octanol–water partition coefficient (Wildman–Crippen LogP) is 1.07. The zero-order valence-electron chi connectivity index (χ0n) is 8.30. The molecule has 0 saturated heterocycles. The number of anilines is 2. The van der Waals surface area contributed by atoms with E-state index in [0.717, 1.165) is 18.1 Å². The van der Waals surface area contributed by atoms with Crippen LogP contribution < -0.4 is 10.6 Å². The highest BCUT2D eigenvalue weighted by Gasteiger charge is 2.13. The molecule has 7 nitrogen and oxygen atoms in total. The van der Waals surface area contributed by atoms with Gasteiger partial charge in [0.15, 0.2) is 0 Å². The van der Waals surface area contributed by atoms with Crippen LogP contribution in [0.1, 0.15) is 16.7 Å². The summed E-state index contributed by atoms with van der Waals surface area (Å²) in [6.07, 6.45) is 1.48. The van der Waals surface area contributed by atoms with Gasteiger partial charge < -0.3 is 10.6 Å². The van der Waals surface area contributed by atoms with Crippen LogP contribution in [0.2, 0.25) is 0 Å². The van der Waals surface area contributed by atoms with Crippen molar-refractivity contribution in [1.82, 2.24) is 19.8 Å². The molecule has 0 aromatic carbocycles. The van der Waals surface area contributed by atoms with Crippen molar-refractivity contribution >= 4 is 38.9 Å². The Bertz CT molecular complexity index is 467. The summed E-state index contributed by atoms with van der Waals surface area (Å²) in [5, 5.41) is 18.4. The minimum atomic E-state index is -0.298. The molecule has 0 atom stereocenters. The molecule has 0 aliphatic carbocycles. The molecule has 0 radical (unpaired) electrons. The lowest BCUT2D eigenvalue weighted by Crippen LogP contribution is -2.10. The van der Waals surface area contributed by atoms with E-state index in [-0.39, 0.29) is 5.91 Å². The first-order valence-electron chi connectivity index (χ1n) is 4.45. The lowest BCUT2D eigenvalue weighted by atomic mass is 10.6. The normalized spacial score (nSPS) is 10.1. The van der Waals surface area contributed by atoms with E-state index in [9.17, 15) is 4.79 Å². The Kier molecular flexibility index (Phi) is 3.37. The number of aromatic nitrogens is 4. The van der Waals surface area contributed by atoms with Crippen molar-refractivity contribution < 1.29 is 4.79 Å². The minimum Gasteiger partial charge on any atom is -0.360 e. The molecule has 0 aliphatic heterocycles. The number of nitrogens with one attached hydrogen (secondary N) is 2. The molecule has 0 bridgehead atoms. The second kappa shape index (κ2) is 4.94. The van der Waals surface area contributed by atoms with E-state index in [4.69, 9.17) is 0 Å². The molecule has 0 aliphatic rings. The van der Waals surface area contributed by atoms with Crippen LogP contribution in [0, 0.1) is 0 Å².